The summed E-state index contributed by atoms with van der Waals surface area (Å²) in [4.78, 5) is 32.8. The summed E-state index contributed by atoms with van der Waals surface area (Å²) in [6.45, 7) is 3.66. The average Bonchev–Trinajstić information content (AvgIpc) is 2.68. The Morgan fingerprint density at radius 2 is 1.71 bits per heavy atom. The van der Waals surface area contributed by atoms with Crippen LogP contribution in [0.3, 0.4) is 0 Å². The van der Waals surface area contributed by atoms with Crippen molar-refractivity contribution in [2.24, 2.45) is 11.7 Å². The van der Waals surface area contributed by atoms with Crippen LogP contribution in [0.1, 0.15) is 55.3 Å². The van der Waals surface area contributed by atoms with Crippen LogP contribution in [-0.2, 0) is 9.53 Å². The van der Waals surface area contributed by atoms with Crippen molar-refractivity contribution in [1.29, 1.82) is 0 Å². The summed E-state index contributed by atoms with van der Waals surface area (Å²) in [5, 5.41) is 0. The number of primary amides is 1. The van der Waals surface area contributed by atoms with E-state index in [9.17, 15) is 9.59 Å². The summed E-state index contributed by atoms with van der Waals surface area (Å²) in [6, 6.07) is 4.29. The topological polar surface area (TPSA) is 88.8 Å². The number of ether oxygens (including phenoxy) is 1. The molecular weight excluding hydrogens is 356 g/mol. The quantitative estimate of drug-likeness (QED) is 0.778. The highest BCUT2D eigenvalue weighted by Crippen LogP contribution is 2.30. The lowest BCUT2D eigenvalue weighted by Gasteiger charge is -2.41. The summed E-state index contributed by atoms with van der Waals surface area (Å²) in [5.74, 6) is 0.425. The van der Waals surface area contributed by atoms with Gasteiger partial charge in [-0.25, -0.2) is 4.98 Å². The van der Waals surface area contributed by atoms with Crippen LogP contribution in [0.2, 0.25) is 0 Å². The normalized spacial score (nSPS) is 22.6. The highest BCUT2D eigenvalue weighted by atomic mass is 16.5. The maximum atomic E-state index is 12.6. The molecule has 2 aliphatic heterocycles. The zero-order valence-corrected chi connectivity index (χ0v) is 16.4. The second-order valence-corrected chi connectivity index (χ2v) is 8.29. The predicted octanol–water partition coefficient (Wildman–Crippen LogP) is 1.96. The fourth-order valence-electron chi connectivity index (χ4n) is 4.43. The van der Waals surface area contributed by atoms with E-state index in [4.69, 9.17) is 10.5 Å². The molecule has 0 radical (unpaired) electrons. The monoisotopic (exact) mass is 386 g/mol. The van der Waals surface area contributed by atoms with Crippen LogP contribution < -0.4 is 10.6 Å². The number of carbonyl (C=O) groups is 2. The second-order valence-electron chi connectivity index (χ2n) is 8.29. The molecule has 1 aromatic rings. The summed E-state index contributed by atoms with van der Waals surface area (Å²) in [5.41, 5.74) is 5.67. The Bertz CT molecular complexity index is 688. The van der Waals surface area contributed by atoms with Gasteiger partial charge in [-0.15, -0.1) is 0 Å². The molecule has 7 heteroatoms. The SMILES string of the molecule is NC(=O)c1ccc(N2CCC(OC(=O)C3CCN(C4CCC4)CC3)CC2)nc1. The maximum Gasteiger partial charge on any atom is 0.309 e. The third-order valence-corrected chi connectivity index (χ3v) is 6.54. The van der Waals surface area contributed by atoms with Crippen molar-refractivity contribution in [2.75, 3.05) is 31.1 Å². The smallest absolute Gasteiger partial charge is 0.309 e. The van der Waals surface area contributed by atoms with Gasteiger partial charge in [0, 0.05) is 38.2 Å². The van der Waals surface area contributed by atoms with E-state index < -0.39 is 5.91 Å². The van der Waals surface area contributed by atoms with Crippen LogP contribution in [0.25, 0.3) is 0 Å². The molecule has 0 aromatic carbocycles. The van der Waals surface area contributed by atoms with E-state index in [2.05, 4.69) is 14.8 Å². The number of hydrogen-bond acceptors (Lipinski definition) is 6. The van der Waals surface area contributed by atoms with Crippen molar-refractivity contribution >= 4 is 17.7 Å². The number of hydrogen-bond donors (Lipinski definition) is 1. The fraction of sp³-hybridized carbons (Fsp3) is 0.667. The largest absolute Gasteiger partial charge is 0.462 e. The van der Waals surface area contributed by atoms with Crippen molar-refractivity contribution in [3.8, 4) is 0 Å². The molecule has 3 aliphatic rings. The zero-order chi connectivity index (χ0) is 19.5. The van der Waals surface area contributed by atoms with Gasteiger partial charge < -0.3 is 20.3 Å². The van der Waals surface area contributed by atoms with E-state index in [1.165, 1.54) is 25.5 Å². The van der Waals surface area contributed by atoms with E-state index in [0.29, 0.717) is 5.56 Å². The maximum absolute atomic E-state index is 12.6. The Balaban J connectivity index is 1.21. The van der Waals surface area contributed by atoms with Crippen LogP contribution in [0.15, 0.2) is 18.3 Å². The van der Waals surface area contributed by atoms with Crippen molar-refractivity contribution in [3.05, 3.63) is 23.9 Å². The van der Waals surface area contributed by atoms with Crippen LogP contribution in [0.5, 0.6) is 0 Å². The zero-order valence-electron chi connectivity index (χ0n) is 16.4. The van der Waals surface area contributed by atoms with Crippen molar-refractivity contribution in [3.63, 3.8) is 0 Å². The van der Waals surface area contributed by atoms with Gasteiger partial charge in [0.05, 0.1) is 11.5 Å². The van der Waals surface area contributed by atoms with Gasteiger partial charge in [0.25, 0.3) is 0 Å². The highest BCUT2D eigenvalue weighted by molar-refractivity contribution is 5.92. The van der Waals surface area contributed by atoms with E-state index in [-0.39, 0.29) is 18.0 Å². The number of esters is 1. The minimum absolute atomic E-state index is 0.00157. The molecule has 1 aromatic heterocycles. The number of rotatable bonds is 5. The molecule has 1 amide bonds. The first kappa shape index (κ1) is 19.2. The van der Waals surface area contributed by atoms with Crippen LogP contribution in [0.4, 0.5) is 5.82 Å². The lowest BCUT2D eigenvalue weighted by molar-refractivity contribution is -0.157. The highest BCUT2D eigenvalue weighted by Gasteiger charge is 2.33. The van der Waals surface area contributed by atoms with Crippen LogP contribution >= 0.6 is 0 Å². The second kappa shape index (κ2) is 8.47. The molecule has 2 N–H and O–H groups in total. The molecule has 0 spiro atoms. The molecule has 0 unspecified atom stereocenters. The van der Waals surface area contributed by atoms with Crippen molar-refractivity contribution in [2.45, 2.75) is 57.1 Å². The Kier molecular flexibility index (Phi) is 5.80. The average molecular weight is 386 g/mol. The van der Waals surface area contributed by atoms with E-state index in [0.717, 1.165) is 63.7 Å². The summed E-state index contributed by atoms with van der Waals surface area (Å²) in [7, 11) is 0. The van der Waals surface area contributed by atoms with Gasteiger partial charge in [-0.05, 0) is 50.9 Å². The summed E-state index contributed by atoms with van der Waals surface area (Å²) in [6.07, 6.45) is 9.02. The molecule has 3 fully saturated rings. The number of nitrogens with zero attached hydrogens (tertiary/aromatic N) is 3. The first-order valence-corrected chi connectivity index (χ1v) is 10.6. The standard InChI is InChI=1S/C21H30N4O3/c22-20(26)16-4-5-19(23-14-16)25-12-8-18(9-13-25)28-21(27)15-6-10-24(11-7-15)17-2-1-3-17/h4-5,14-15,17-18H,1-3,6-13H2,(H2,22,26). The van der Waals surface area contributed by atoms with Crippen molar-refractivity contribution < 1.29 is 14.3 Å². The third-order valence-electron chi connectivity index (χ3n) is 6.54. The third kappa shape index (κ3) is 4.29. The minimum atomic E-state index is -0.469. The molecule has 2 saturated heterocycles. The van der Waals surface area contributed by atoms with Gasteiger partial charge in [-0.1, -0.05) is 6.42 Å². The van der Waals surface area contributed by atoms with Gasteiger partial charge in [0.1, 0.15) is 11.9 Å². The minimum Gasteiger partial charge on any atom is -0.462 e. The molecule has 3 heterocycles. The Morgan fingerprint density at radius 3 is 2.25 bits per heavy atom. The molecule has 4 rings (SSSR count). The van der Waals surface area contributed by atoms with Gasteiger partial charge in [-0.2, -0.15) is 0 Å². The molecule has 1 aliphatic carbocycles. The number of piperidine rings is 2. The lowest BCUT2D eigenvalue weighted by Crippen LogP contribution is -2.46. The summed E-state index contributed by atoms with van der Waals surface area (Å²) < 4.78 is 5.84. The Morgan fingerprint density at radius 1 is 1.00 bits per heavy atom. The number of likely N-dealkylation sites (tertiary alicyclic amines) is 1. The predicted molar refractivity (Wildman–Crippen MR) is 106 cm³/mol. The number of aromatic nitrogens is 1. The van der Waals surface area contributed by atoms with E-state index in [1.54, 1.807) is 6.07 Å². The lowest BCUT2D eigenvalue weighted by atomic mass is 9.88. The number of pyridine rings is 1. The van der Waals surface area contributed by atoms with E-state index in [1.807, 2.05) is 6.07 Å². The molecule has 152 valence electrons. The van der Waals surface area contributed by atoms with Crippen LogP contribution in [-0.4, -0.2) is 60.1 Å². The fourth-order valence-corrected chi connectivity index (χ4v) is 4.43. The number of carbonyl (C=O) groups excluding carboxylic acids is 2. The van der Waals surface area contributed by atoms with Gasteiger partial charge in [0.2, 0.25) is 5.91 Å². The van der Waals surface area contributed by atoms with Gasteiger partial charge in [0.15, 0.2) is 0 Å². The number of anilines is 1. The van der Waals surface area contributed by atoms with E-state index >= 15 is 0 Å². The first-order chi connectivity index (χ1) is 13.6. The van der Waals surface area contributed by atoms with Gasteiger partial charge in [-0.3, -0.25) is 9.59 Å². The Labute approximate surface area is 166 Å². The molecule has 1 saturated carbocycles. The number of amides is 1. The molecule has 0 bridgehead atoms. The van der Waals surface area contributed by atoms with Crippen molar-refractivity contribution in [1.82, 2.24) is 9.88 Å². The molecule has 28 heavy (non-hydrogen) atoms. The summed E-state index contributed by atoms with van der Waals surface area (Å²) >= 11 is 0. The van der Waals surface area contributed by atoms with Gasteiger partial charge >= 0.3 is 5.97 Å². The van der Waals surface area contributed by atoms with Crippen LogP contribution in [0, 0.1) is 5.92 Å². The Hall–Kier alpha value is -2.15. The number of nitrogens with two attached hydrogens (primary N) is 1. The molecule has 0 atom stereocenters. The first-order valence-electron chi connectivity index (χ1n) is 10.6. The molecular formula is C21H30N4O3. The molecule has 7 nitrogen and oxygen atoms in total.